The minimum atomic E-state index is -0.208. The van der Waals surface area contributed by atoms with Crippen molar-refractivity contribution in [1.82, 2.24) is 0 Å². The Morgan fingerprint density at radius 2 is 2.36 bits per heavy atom. The lowest BCUT2D eigenvalue weighted by atomic mass is 9.99. The molecule has 1 rings (SSSR count). The highest BCUT2D eigenvalue weighted by atomic mass is 35.5. The quantitative estimate of drug-likeness (QED) is 0.774. The van der Waals surface area contributed by atoms with Crippen molar-refractivity contribution in [2.45, 2.75) is 12.5 Å². The Morgan fingerprint density at radius 3 is 2.93 bits per heavy atom. The Hall–Kier alpha value is -1.30. The third-order valence-corrected chi connectivity index (χ3v) is 2.19. The van der Waals surface area contributed by atoms with Crippen LogP contribution in [-0.4, -0.2) is 0 Å². The van der Waals surface area contributed by atoms with Gasteiger partial charge in [-0.15, -0.1) is 6.58 Å². The molecule has 3 heteroatoms. The zero-order valence-electron chi connectivity index (χ0n) is 7.70. The number of halogens is 1. The van der Waals surface area contributed by atoms with Gasteiger partial charge in [-0.05, 0) is 30.2 Å². The van der Waals surface area contributed by atoms with Crippen LogP contribution in [0.1, 0.15) is 23.6 Å². The summed E-state index contributed by atoms with van der Waals surface area (Å²) < 4.78 is 0. The van der Waals surface area contributed by atoms with Gasteiger partial charge >= 0.3 is 0 Å². The largest absolute Gasteiger partial charge is 0.324 e. The third kappa shape index (κ3) is 2.35. The summed E-state index contributed by atoms with van der Waals surface area (Å²) in [6.07, 6.45) is 2.36. The number of nitrogens with two attached hydrogens (primary N) is 1. The van der Waals surface area contributed by atoms with Gasteiger partial charge in [0.05, 0.1) is 11.6 Å². The van der Waals surface area contributed by atoms with Gasteiger partial charge in [-0.3, -0.25) is 0 Å². The van der Waals surface area contributed by atoms with E-state index in [1.54, 1.807) is 24.3 Å². The van der Waals surface area contributed by atoms with Crippen LogP contribution in [0.15, 0.2) is 30.9 Å². The Balaban J connectivity index is 3.11. The van der Waals surface area contributed by atoms with Gasteiger partial charge in [0.2, 0.25) is 0 Å². The summed E-state index contributed by atoms with van der Waals surface area (Å²) in [6, 6.07) is 6.98. The van der Waals surface area contributed by atoms with Crippen molar-refractivity contribution >= 4 is 11.6 Å². The molecule has 0 spiro atoms. The van der Waals surface area contributed by atoms with Gasteiger partial charge in [0.25, 0.3) is 0 Å². The second kappa shape index (κ2) is 4.80. The molecule has 0 unspecified atom stereocenters. The number of rotatable bonds is 3. The van der Waals surface area contributed by atoms with Crippen molar-refractivity contribution in [3.63, 3.8) is 0 Å². The molecular formula is C11H11ClN2. The van der Waals surface area contributed by atoms with Gasteiger partial charge in [-0.1, -0.05) is 17.7 Å². The van der Waals surface area contributed by atoms with Crippen molar-refractivity contribution < 1.29 is 0 Å². The average Bonchev–Trinajstić information content (AvgIpc) is 2.18. The van der Waals surface area contributed by atoms with Gasteiger partial charge in [-0.25, -0.2) is 0 Å². The van der Waals surface area contributed by atoms with E-state index in [4.69, 9.17) is 22.6 Å². The van der Waals surface area contributed by atoms with Gasteiger partial charge in [-0.2, -0.15) is 5.26 Å². The lowest BCUT2D eigenvalue weighted by Gasteiger charge is -2.11. The van der Waals surface area contributed by atoms with E-state index in [0.29, 0.717) is 17.0 Å². The van der Waals surface area contributed by atoms with Crippen LogP contribution in [0, 0.1) is 11.3 Å². The van der Waals surface area contributed by atoms with Crippen LogP contribution in [0.3, 0.4) is 0 Å². The van der Waals surface area contributed by atoms with E-state index in [9.17, 15) is 0 Å². The van der Waals surface area contributed by atoms with Gasteiger partial charge in [0, 0.05) is 11.1 Å². The van der Waals surface area contributed by atoms with Crippen molar-refractivity contribution in [3.8, 4) is 6.07 Å². The maximum Gasteiger partial charge on any atom is 0.0995 e. The molecule has 72 valence electrons. The molecule has 2 N–H and O–H groups in total. The minimum Gasteiger partial charge on any atom is -0.324 e. The van der Waals surface area contributed by atoms with Crippen LogP contribution in [-0.2, 0) is 0 Å². The third-order valence-electron chi connectivity index (χ3n) is 1.95. The van der Waals surface area contributed by atoms with E-state index in [2.05, 4.69) is 12.6 Å². The van der Waals surface area contributed by atoms with Crippen molar-refractivity contribution in [3.05, 3.63) is 47.0 Å². The summed E-state index contributed by atoms with van der Waals surface area (Å²) in [5.41, 5.74) is 7.22. The first-order valence-electron chi connectivity index (χ1n) is 4.25. The summed E-state index contributed by atoms with van der Waals surface area (Å²) in [4.78, 5) is 0. The Morgan fingerprint density at radius 1 is 1.64 bits per heavy atom. The molecular weight excluding hydrogens is 196 g/mol. The molecule has 0 fully saturated rings. The Bertz CT molecular complexity index is 379. The van der Waals surface area contributed by atoms with Gasteiger partial charge in [0.1, 0.15) is 0 Å². The fourth-order valence-corrected chi connectivity index (χ4v) is 1.43. The molecule has 2 nitrogen and oxygen atoms in total. The van der Waals surface area contributed by atoms with E-state index in [1.807, 2.05) is 0 Å². The number of hydrogen-bond acceptors (Lipinski definition) is 2. The molecule has 0 bridgehead atoms. The topological polar surface area (TPSA) is 49.8 Å². The standard InChI is InChI=1S/C11H11ClN2/c1-2-3-11(14)10-6-9(12)5-4-8(10)7-13/h2,4-6,11H,1,3,14H2/t11-/m1/s1. The molecule has 1 aromatic carbocycles. The Kier molecular flexibility index (Phi) is 3.70. The number of nitriles is 1. The molecule has 0 amide bonds. The molecule has 1 atom stereocenters. The molecule has 14 heavy (non-hydrogen) atoms. The van der Waals surface area contributed by atoms with E-state index < -0.39 is 0 Å². The van der Waals surface area contributed by atoms with Crippen molar-refractivity contribution in [1.29, 1.82) is 5.26 Å². The lowest BCUT2D eigenvalue weighted by molar-refractivity contribution is 0.739. The second-order valence-electron chi connectivity index (χ2n) is 2.97. The fourth-order valence-electron chi connectivity index (χ4n) is 1.25. The van der Waals surface area contributed by atoms with Crippen LogP contribution in [0.25, 0.3) is 0 Å². The second-order valence-corrected chi connectivity index (χ2v) is 3.41. The normalized spacial score (nSPS) is 11.8. The maximum atomic E-state index is 8.85. The number of nitrogens with zero attached hydrogens (tertiary/aromatic N) is 1. The van der Waals surface area contributed by atoms with Crippen molar-refractivity contribution in [2.75, 3.05) is 0 Å². The van der Waals surface area contributed by atoms with E-state index >= 15 is 0 Å². The van der Waals surface area contributed by atoms with Gasteiger partial charge in [0.15, 0.2) is 0 Å². The van der Waals surface area contributed by atoms with Crippen LogP contribution >= 0.6 is 11.6 Å². The monoisotopic (exact) mass is 206 g/mol. The predicted molar refractivity (Wildman–Crippen MR) is 57.9 cm³/mol. The minimum absolute atomic E-state index is 0.208. The zero-order chi connectivity index (χ0) is 10.6. The molecule has 0 aliphatic carbocycles. The molecule has 0 heterocycles. The Labute approximate surface area is 88.6 Å². The van der Waals surface area contributed by atoms with Crippen LogP contribution in [0.2, 0.25) is 5.02 Å². The first-order chi connectivity index (χ1) is 6.69. The molecule has 0 aliphatic heterocycles. The number of hydrogen-bond donors (Lipinski definition) is 1. The SMILES string of the molecule is C=CC[C@@H](N)c1cc(Cl)ccc1C#N. The first kappa shape index (κ1) is 10.8. The lowest BCUT2D eigenvalue weighted by Crippen LogP contribution is -2.10. The first-order valence-corrected chi connectivity index (χ1v) is 4.63. The molecule has 1 aromatic rings. The van der Waals surface area contributed by atoms with E-state index in [-0.39, 0.29) is 6.04 Å². The fraction of sp³-hybridized carbons (Fsp3) is 0.182. The van der Waals surface area contributed by atoms with Crippen LogP contribution in [0.5, 0.6) is 0 Å². The van der Waals surface area contributed by atoms with Crippen molar-refractivity contribution in [2.24, 2.45) is 5.73 Å². The highest BCUT2D eigenvalue weighted by Gasteiger charge is 2.09. The highest BCUT2D eigenvalue weighted by Crippen LogP contribution is 2.22. The highest BCUT2D eigenvalue weighted by molar-refractivity contribution is 6.30. The molecule has 0 aliphatic rings. The summed E-state index contributed by atoms with van der Waals surface area (Å²) in [5, 5.41) is 9.45. The van der Waals surface area contributed by atoms with E-state index in [1.165, 1.54) is 0 Å². The molecule has 0 radical (unpaired) electrons. The average molecular weight is 207 g/mol. The maximum absolute atomic E-state index is 8.85. The summed E-state index contributed by atoms with van der Waals surface area (Å²) >= 11 is 5.83. The molecule has 0 saturated heterocycles. The molecule has 0 aromatic heterocycles. The van der Waals surface area contributed by atoms with Crippen LogP contribution < -0.4 is 5.73 Å². The summed E-state index contributed by atoms with van der Waals surface area (Å²) in [6.45, 7) is 3.61. The van der Waals surface area contributed by atoms with Crippen LogP contribution in [0.4, 0.5) is 0 Å². The predicted octanol–water partition coefficient (Wildman–Crippen LogP) is 2.79. The van der Waals surface area contributed by atoms with E-state index in [0.717, 1.165) is 5.56 Å². The smallest absolute Gasteiger partial charge is 0.0995 e. The summed E-state index contributed by atoms with van der Waals surface area (Å²) in [7, 11) is 0. The zero-order valence-corrected chi connectivity index (χ0v) is 8.46. The summed E-state index contributed by atoms with van der Waals surface area (Å²) in [5.74, 6) is 0. The molecule has 0 saturated carbocycles. The van der Waals surface area contributed by atoms with Gasteiger partial charge < -0.3 is 5.73 Å². The number of benzene rings is 1.